The average molecular weight is 307 g/mol. The summed E-state index contributed by atoms with van der Waals surface area (Å²) in [4.78, 5) is 38.4. The lowest BCUT2D eigenvalue weighted by atomic mass is 9.69. The van der Waals surface area contributed by atoms with E-state index in [4.69, 9.17) is 0 Å². The van der Waals surface area contributed by atoms with Crippen molar-refractivity contribution >= 4 is 17.7 Å². The van der Waals surface area contributed by atoms with Crippen LogP contribution in [0.2, 0.25) is 0 Å². The third-order valence-electron chi connectivity index (χ3n) is 5.80. The van der Waals surface area contributed by atoms with Gasteiger partial charge in [-0.25, -0.2) is 0 Å². The van der Waals surface area contributed by atoms with Crippen LogP contribution < -0.4 is 10.6 Å². The fraction of sp³-hybridized carbons (Fsp3) is 0.812. The second-order valence-corrected chi connectivity index (χ2v) is 6.91. The van der Waals surface area contributed by atoms with Gasteiger partial charge in [-0.1, -0.05) is 12.8 Å². The number of hydrogen-bond donors (Lipinski definition) is 2. The van der Waals surface area contributed by atoms with Crippen molar-refractivity contribution < 1.29 is 14.4 Å². The SMILES string of the molecule is CNC(=O)[C@@H]1C[C@@H]2CCCC[C@@]23CC[C@H](NC(C)=O)C(=O)N13. The summed E-state index contributed by atoms with van der Waals surface area (Å²) in [6.07, 6.45) is 6.73. The van der Waals surface area contributed by atoms with Crippen molar-refractivity contribution in [3.05, 3.63) is 0 Å². The molecule has 0 unspecified atom stereocenters. The third kappa shape index (κ3) is 2.20. The van der Waals surface area contributed by atoms with E-state index in [1.54, 1.807) is 7.05 Å². The highest BCUT2D eigenvalue weighted by molar-refractivity contribution is 5.93. The van der Waals surface area contributed by atoms with Crippen molar-refractivity contribution in [3.8, 4) is 0 Å². The molecule has 2 heterocycles. The Bertz CT molecular complexity index is 507. The lowest BCUT2D eigenvalue weighted by Crippen LogP contribution is -2.65. The molecule has 0 aromatic heterocycles. The van der Waals surface area contributed by atoms with E-state index in [2.05, 4.69) is 10.6 Å². The number of nitrogens with zero attached hydrogens (tertiary/aromatic N) is 1. The molecule has 3 rings (SSSR count). The van der Waals surface area contributed by atoms with Crippen LogP contribution in [0.5, 0.6) is 0 Å². The molecule has 122 valence electrons. The van der Waals surface area contributed by atoms with Crippen molar-refractivity contribution in [2.75, 3.05) is 7.05 Å². The first-order valence-corrected chi connectivity index (χ1v) is 8.31. The van der Waals surface area contributed by atoms with E-state index < -0.39 is 6.04 Å². The van der Waals surface area contributed by atoms with Gasteiger partial charge in [0.05, 0.1) is 0 Å². The maximum Gasteiger partial charge on any atom is 0.246 e. The molecule has 1 aliphatic carbocycles. The molecule has 1 saturated carbocycles. The zero-order valence-corrected chi connectivity index (χ0v) is 13.4. The minimum Gasteiger partial charge on any atom is -0.357 e. The number of amides is 3. The smallest absolute Gasteiger partial charge is 0.246 e. The quantitative estimate of drug-likeness (QED) is 0.782. The first-order valence-electron chi connectivity index (χ1n) is 8.31. The Hall–Kier alpha value is -1.59. The maximum absolute atomic E-state index is 13.0. The molecule has 3 amide bonds. The second-order valence-electron chi connectivity index (χ2n) is 6.91. The molecule has 6 heteroatoms. The normalized spacial score (nSPS) is 37.3. The summed E-state index contributed by atoms with van der Waals surface area (Å²) in [6, 6.07) is -0.854. The highest BCUT2D eigenvalue weighted by atomic mass is 16.2. The number of piperidine rings is 1. The van der Waals surface area contributed by atoms with Crippen LogP contribution in [0.15, 0.2) is 0 Å². The topological polar surface area (TPSA) is 78.5 Å². The van der Waals surface area contributed by atoms with Crippen molar-refractivity contribution in [1.82, 2.24) is 15.5 Å². The van der Waals surface area contributed by atoms with Gasteiger partial charge in [0, 0.05) is 19.5 Å². The van der Waals surface area contributed by atoms with Gasteiger partial charge in [-0.3, -0.25) is 14.4 Å². The first-order chi connectivity index (χ1) is 10.5. The standard InChI is InChI=1S/C16H25N3O3/c1-10(20)18-12-6-8-16-7-4-3-5-11(16)9-13(14(21)17-2)19(16)15(12)22/h11-13H,3-9H2,1-2H3,(H,17,21)(H,18,20)/t11-,12-,13-,16+/m0/s1. The first kappa shape index (κ1) is 15.3. The molecule has 0 radical (unpaired) electrons. The van der Waals surface area contributed by atoms with Gasteiger partial charge in [0.1, 0.15) is 12.1 Å². The summed E-state index contributed by atoms with van der Waals surface area (Å²) >= 11 is 0. The largest absolute Gasteiger partial charge is 0.357 e. The molecule has 4 atom stereocenters. The number of carbonyl (C=O) groups is 3. The number of likely N-dealkylation sites (N-methyl/N-ethyl adjacent to an activating group) is 1. The van der Waals surface area contributed by atoms with E-state index in [0.717, 1.165) is 32.1 Å². The van der Waals surface area contributed by atoms with Crippen LogP contribution in [0.3, 0.4) is 0 Å². The van der Waals surface area contributed by atoms with Crippen LogP contribution >= 0.6 is 0 Å². The molecule has 6 nitrogen and oxygen atoms in total. The van der Waals surface area contributed by atoms with E-state index in [1.807, 2.05) is 4.90 Å². The van der Waals surface area contributed by atoms with Gasteiger partial charge in [-0.15, -0.1) is 0 Å². The Balaban J connectivity index is 1.93. The second kappa shape index (κ2) is 5.56. The average Bonchev–Trinajstić information content (AvgIpc) is 2.85. The van der Waals surface area contributed by atoms with Gasteiger partial charge < -0.3 is 15.5 Å². The van der Waals surface area contributed by atoms with Gasteiger partial charge in [0.2, 0.25) is 17.7 Å². The molecule has 2 aliphatic heterocycles. The number of hydrogen-bond acceptors (Lipinski definition) is 3. The fourth-order valence-electron chi connectivity index (χ4n) is 4.91. The van der Waals surface area contributed by atoms with E-state index in [0.29, 0.717) is 12.3 Å². The molecule has 0 aromatic rings. The molecule has 22 heavy (non-hydrogen) atoms. The van der Waals surface area contributed by atoms with E-state index in [9.17, 15) is 14.4 Å². The van der Waals surface area contributed by atoms with E-state index in [1.165, 1.54) is 13.3 Å². The van der Waals surface area contributed by atoms with Crippen LogP contribution in [0, 0.1) is 5.92 Å². The Kier molecular flexibility index (Phi) is 3.87. The van der Waals surface area contributed by atoms with Crippen LogP contribution in [0.1, 0.15) is 51.9 Å². The molecular formula is C16H25N3O3. The summed E-state index contributed by atoms with van der Waals surface area (Å²) in [5.74, 6) is 0.0843. The highest BCUT2D eigenvalue weighted by Crippen LogP contribution is 2.52. The zero-order chi connectivity index (χ0) is 15.9. The van der Waals surface area contributed by atoms with Crippen LogP contribution in [-0.4, -0.2) is 47.3 Å². The number of nitrogens with one attached hydrogen (secondary N) is 2. The summed E-state index contributed by atoms with van der Waals surface area (Å²) in [6.45, 7) is 1.43. The van der Waals surface area contributed by atoms with Gasteiger partial charge in [0.25, 0.3) is 0 Å². The summed E-state index contributed by atoms with van der Waals surface area (Å²) in [5.41, 5.74) is -0.151. The van der Waals surface area contributed by atoms with Crippen LogP contribution in [0.4, 0.5) is 0 Å². The lowest BCUT2D eigenvalue weighted by molar-refractivity contribution is -0.153. The van der Waals surface area contributed by atoms with Crippen molar-refractivity contribution in [2.45, 2.75) is 69.5 Å². The minimum atomic E-state index is -0.476. The molecule has 3 fully saturated rings. The predicted molar refractivity (Wildman–Crippen MR) is 80.8 cm³/mol. The minimum absolute atomic E-state index is 0.0700. The summed E-state index contributed by atoms with van der Waals surface area (Å²) in [5, 5.41) is 5.45. The molecular weight excluding hydrogens is 282 g/mol. The van der Waals surface area contributed by atoms with E-state index in [-0.39, 0.29) is 29.3 Å². The van der Waals surface area contributed by atoms with Gasteiger partial charge in [0.15, 0.2) is 0 Å². The van der Waals surface area contributed by atoms with Crippen LogP contribution in [-0.2, 0) is 14.4 Å². The third-order valence-corrected chi connectivity index (χ3v) is 5.80. The van der Waals surface area contributed by atoms with Crippen molar-refractivity contribution in [2.24, 2.45) is 5.92 Å². The van der Waals surface area contributed by atoms with Crippen LogP contribution in [0.25, 0.3) is 0 Å². The number of carbonyl (C=O) groups excluding carboxylic acids is 3. The Morgan fingerprint density at radius 3 is 2.68 bits per heavy atom. The zero-order valence-electron chi connectivity index (χ0n) is 13.4. The summed E-state index contributed by atoms with van der Waals surface area (Å²) < 4.78 is 0. The highest BCUT2D eigenvalue weighted by Gasteiger charge is 2.60. The Morgan fingerprint density at radius 2 is 2.00 bits per heavy atom. The monoisotopic (exact) mass is 307 g/mol. The molecule has 1 spiro atoms. The Morgan fingerprint density at radius 1 is 1.23 bits per heavy atom. The predicted octanol–water partition coefficient (Wildman–Crippen LogP) is 0.561. The molecule has 3 aliphatic rings. The molecule has 0 aromatic carbocycles. The maximum atomic E-state index is 13.0. The fourth-order valence-corrected chi connectivity index (χ4v) is 4.91. The van der Waals surface area contributed by atoms with Gasteiger partial charge >= 0.3 is 0 Å². The molecule has 2 saturated heterocycles. The number of rotatable bonds is 2. The Labute approximate surface area is 131 Å². The van der Waals surface area contributed by atoms with Crippen molar-refractivity contribution in [1.29, 1.82) is 0 Å². The summed E-state index contributed by atoms with van der Waals surface area (Å²) in [7, 11) is 1.62. The molecule has 2 N–H and O–H groups in total. The lowest BCUT2D eigenvalue weighted by Gasteiger charge is -2.51. The van der Waals surface area contributed by atoms with Gasteiger partial charge in [-0.2, -0.15) is 0 Å². The molecule has 0 bridgehead atoms. The van der Waals surface area contributed by atoms with E-state index >= 15 is 0 Å². The van der Waals surface area contributed by atoms with Gasteiger partial charge in [-0.05, 0) is 38.0 Å². The van der Waals surface area contributed by atoms with Crippen molar-refractivity contribution in [3.63, 3.8) is 0 Å².